The lowest BCUT2D eigenvalue weighted by Crippen LogP contribution is -2.25. The highest BCUT2D eigenvalue weighted by Gasteiger charge is 2.34. The third-order valence-corrected chi connectivity index (χ3v) is 5.19. The highest BCUT2D eigenvalue weighted by atomic mass is 32.1. The molecule has 20 heavy (non-hydrogen) atoms. The number of carbonyl (C=O) groups is 1. The van der Waals surface area contributed by atoms with Crippen LogP contribution in [0.15, 0.2) is 0 Å². The number of hydrogen-bond acceptors (Lipinski definition) is 4. The molecule has 0 bridgehead atoms. The van der Waals surface area contributed by atoms with Gasteiger partial charge >= 0.3 is 0 Å². The van der Waals surface area contributed by atoms with Crippen molar-refractivity contribution in [2.45, 2.75) is 19.4 Å². The second kappa shape index (κ2) is 4.94. The van der Waals surface area contributed by atoms with Crippen LogP contribution in [-0.2, 0) is 17.8 Å². The van der Waals surface area contributed by atoms with E-state index in [4.69, 9.17) is 6.42 Å². The molecule has 1 unspecified atom stereocenters. The van der Waals surface area contributed by atoms with Crippen LogP contribution in [0.5, 0.6) is 0 Å². The molecular weight excluding hydrogens is 270 g/mol. The number of thiophene rings is 1. The molecule has 1 aromatic heterocycles. The van der Waals surface area contributed by atoms with Crippen molar-refractivity contribution in [3.8, 4) is 18.4 Å². The summed E-state index contributed by atoms with van der Waals surface area (Å²) in [6.45, 7) is 2.35. The van der Waals surface area contributed by atoms with Gasteiger partial charge in [-0.2, -0.15) is 5.26 Å². The molecule has 4 nitrogen and oxygen atoms in total. The summed E-state index contributed by atoms with van der Waals surface area (Å²) in [6.07, 6.45) is 6.70. The van der Waals surface area contributed by atoms with Gasteiger partial charge in [0.05, 0.1) is 5.56 Å². The number of likely N-dealkylation sites (N-methyl/N-ethyl adjacent to an activating group) is 1. The van der Waals surface area contributed by atoms with E-state index in [9.17, 15) is 10.1 Å². The second-order valence-electron chi connectivity index (χ2n) is 5.36. The van der Waals surface area contributed by atoms with Crippen molar-refractivity contribution < 1.29 is 4.79 Å². The molecule has 1 fully saturated rings. The second-order valence-corrected chi connectivity index (χ2v) is 6.44. The molecule has 1 amide bonds. The molecule has 2 aliphatic heterocycles. The van der Waals surface area contributed by atoms with E-state index in [1.54, 1.807) is 16.2 Å². The van der Waals surface area contributed by atoms with Gasteiger partial charge in [-0.1, -0.05) is 0 Å². The number of fused-ring (bicyclic) bond motifs is 1. The molecule has 0 aromatic carbocycles. The topological polar surface area (TPSA) is 47.3 Å². The van der Waals surface area contributed by atoms with E-state index in [-0.39, 0.29) is 11.8 Å². The summed E-state index contributed by atoms with van der Waals surface area (Å²) in [5, 5.41) is 10.3. The lowest BCUT2D eigenvalue weighted by atomic mass is 10.0. The van der Waals surface area contributed by atoms with Gasteiger partial charge in [0.2, 0.25) is 5.91 Å². The zero-order valence-electron chi connectivity index (χ0n) is 11.3. The van der Waals surface area contributed by atoms with E-state index in [1.807, 2.05) is 0 Å². The van der Waals surface area contributed by atoms with Crippen LogP contribution in [0.25, 0.3) is 0 Å². The number of hydrogen-bond donors (Lipinski definition) is 0. The van der Waals surface area contributed by atoms with Gasteiger partial charge in [-0.25, -0.2) is 0 Å². The first kappa shape index (κ1) is 13.2. The van der Waals surface area contributed by atoms with Gasteiger partial charge in [0.25, 0.3) is 0 Å². The molecule has 1 aromatic rings. The Kier molecular flexibility index (Phi) is 3.25. The first-order valence-corrected chi connectivity index (χ1v) is 7.45. The fourth-order valence-electron chi connectivity index (χ4n) is 2.84. The number of nitriles is 1. The van der Waals surface area contributed by atoms with Crippen LogP contribution in [0.1, 0.15) is 22.4 Å². The van der Waals surface area contributed by atoms with Crippen molar-refractivity contribution in [2.75, 3.05) is 25.0 Å². The smallest absolute Gasteiger partial charge is 0.228 e. The first-order chi connectivity index (χ1) is 9.63. The predicted molar refractivity (Wildman–Crippen MR) is 78.4 cm³/mol. The van der Waals surface area contributed by atoms with Gasteiger partial charge in [-0.05, 0) is 19.0 Å². The van der Waals surface area contributed by atoms with E-state index >= 15 is 0 Å². The zero-order valence-corrected chi connectivity index (χ0v) is 12.2. The Morgan fingerprint density at radius 1 is 1.50 bits per heavy atom. The molecule has 0 radical (unpaired) electrons. The average Bonchev–Trinajstić information content (AvgIpc) is 2.97. The molecule has 0 spiro atoms. The fraction of sp³-hybridized carbons (Fsp3) is 0.467. The predicted octanol–water partition coefficient (Wildman–Crippen LogP) is 1.59. The first-order valence-electron chi connectivity index (χ1n) is 6.63. The molecule has 0 aliphatic carbocycles. The van der Waals surface area contributed by atoms with E-state index in [0.29, 0.717) is 18.5 Å². The number of nitrogens with zero attached hydrogens (tertiary/aromatic N) is 3. The minimum Gasteiger partial charge on any atom is -0.301 e. The average molecular weight is 285 g/mol. The highest BCUT2D eigenvalue weighted by molar-refractivity contribution is 7.16. The maximum Gasteiger partial charge on any atom is 0.228 e. The summed E-state index contributed by atoms with van der Waals surface area (Å²) in [5.74, 6) is 2.66. The third kappa shape index (κ3) is 2.00. The molecule has 1 saturated heterocycles. The van der Waals surface area contributed by atoms with Crippen molar-refractivity contribution in [1.29, 1.82) is 5.26 Å². The Labute approximate surface area is 122 Å². The summed E-state index contributed by atoms with van der Waals surface area (Å²) in [5.41, 5.74) is 1.81. The van der Waals surface area contributed by atoms with E-state index in [1.165, 1.54) is 4.88 Å². The minimum absolute atomic E-state index is 0.0316. The van der Waals surface area contributed by atoms with E-state index in [2.05, 4.69) is 23.9 Å². The Hall–Kier alpha value is -1.82. The molecule has 102 valence electrons. The number of amides is 1. The minimum atomic E-state index is -0.0316. The van der Waals surface area contributed by atoms with E-state index in [0.717, 1.165) is 30.1 Å². The van der Waals surface area contributed by atoms with Crippen LogP contribution >= 0.6 is 11.3 Å². The zero-order chi connectivity index (χ0) is 14.3. The lowest BCUT2D eigenvalue weighted by molar-refractivity contribution is -0.117. The van der Waals surface area contributed by atoms with Crippen LogP contribution in [0.3, 0.4) is 0 Å². The SMILES string of the molecule is C#CC1CC(=O)N(c2sc3c(c2C#N)CCN(C)C3)C1. The molecule has 0 N–H and O–H groups in total. The molecular formula is C15H15N3OS. The fourth-order valence-corrected chi connectivity index (χ4v) is 4.24. The van der Waals surface area contributed by atoms with Crippen LogP contribution in [0, 0.1) is 29.6 Å². The van der Waals surface area contributed by atoms with Gasteiger partial charge in [-0.15, -0.1) is 23.7 Å². The van der Waals surface area contributed by atoms with Crippen molar-refractivity contribution in [1.82, 2.24) is 4.90 Å². The molecule has 3 rings (SSSR count). The van der Waals surface area contributed by atoms with E-state index < -0.39 is 0 Å². The largest absolute Gasteiger partial charge is 0.301 e. The van der Waals surface area contributed by atoms with Crippen molar-refractivity contribution in [2.24, 2.45) is 5.92 Å². The van der Waals surface area contributed by atoms with Crippen molar-refractivity contribution in [3.05, 3.63) is 16.0 Å². The summed E-state index contributed by atoms with van der Waals surface area (Å²) in [7, 11) is 2.07. The number of terminal acetylenes is 1. The number of carbonyl (C=O) groups excluding carboxylic acids is 1. The van der Waals surface area contributed by atoms with Crippen LogP contribution in [0.4, 0.5) is 5.00 Å². The van der Waals surface area contributed by atoms with Crippen LogP contribution < -0.4 is 4.90 Å². The number of rotatable bonds is 1. The Morgan fingerprint density at radius 2 is 2.30 bits per heavy atom. The Bertz CT molecular complexity index is 649. The quantitative estimate of drug-likeness (QED) is 0.736. The highest BCUT2D eigenvalue weighted by Crippen LogP contribution is 2.40. The van der Waals surface area contributed by atoms with Gasteiger partial charge < -0.3 is 9.80 Å². The van der Waals surface area contributed by atoms with Crippen molar-refractivity contribution in [3.63, 3.8) is 0 Å². The summed E-state index contributed by atoms with van der Waals surface area (Å²) in [4.78, 5) is 17.3. The van der Waals surface area contributed by atoms with Crippen LogP contribution in [-0.4, -0.2) is 30.9 Å². The molecule has 1 atom stereocenters. The molecule has 2 aliphatic rings. The maximum atomic E-state index is 12.1. The van der Waals surface area contributed by atoms with Gasteiger partial charge in [0, 0.05) is 36.9 Å². The Morgan fingerprint density at radius 3 is 2.95 bits per heavy atom. The number of anilines is 1. The third-order valence-electron chi connectivity index (χ3n) is 3.95. The maximum absolute atomic E-state index is 12.1. The standard InChI is InChI=1S/C15H15N3OS/c1-3-10-6-14(19)18(8-10)15-12(7-16)11-4-5-17(2)9-13(11)20-15/h1,10H,4-6,8-9H2,2H3. The molecule has 3 heterocycles. The summed E-state index contributed by atoms with van der Waals surface area (Å²) >= 11 is 1.58. The normalized spacial score (nSPS) is 22.4. The van der Waals surface area contributed by atoms with Crippen LogP contribution in [0.2, 0.25) is 0 Å². The van der Waals surface area contributed by atoms with Gasteiger partial charge in [0.1, 0.15) is 11.1 Å². The van der Waals surface area contributed by atoms with Gasteiger partial charge in [-0.3, -0.25) is 4.79 Å². The summed E-state index contributed by atoms with van der Waals surface area (Å²) < 4.78 is 0. The Balaban J connectivity index is 2.01. The molecule has 5 heteroatoms. The monoisotopic (exact) mass is 285 g/mol. The lowest BCUT2D eigenvalue weighted by Gasteiger charge is -2.21. The molecule has 0 saturated carbocycles. The van der Waals surface area contributed by atoms with Gasteiger partial charge in [0.15, 0.2) is 0 Å². The summed E-state index contributed by atoms with van der Waals surface area (Å²) in [6, 6.07) is 2.30. The van der Waals surface area contributed by atoms with Crippen molar-refractivity contribution >= 4 is 22.2 Å².